The molecule has 0 spiro atoms. The molecule has 0 nitrogen and oxygen atoms in total. The molecule has 0 amide bonds. The molecule has 2 atom stereocenters. The summed E-state index contributed by atoms with van der Waals surface area (Å²) >= 11 is 2.43. The highest BCUT2D eigenvalue weighted by Gasteiger charge is 2.37. The van der Waals surface area contributed by atoms with Gasteiger partial charge in [-0.2, -0.15) is 11.8 Å². The molecule has 0 radical (unpaired) electrons. The van der Waals surface area contributed by atoms with Crippen LogP contribution in [0.1, 0.15) is 78.1 Å². The summed E-state index contributed by atoms with van der Waals surface area (Å²) in [5.41, 5.74) is 0. The van der Waals surface area contributed by atoms with Crippen LogP contribution < -0.4 is 0 Å². The Morgan fingerprint density at radius 1 is 0.526 bits per heavy atom. The van der Waals surface area contributed by atoms with E-state index >= 15 is 0 Å². The molecule has 2 saturated carbocycles. The Kier molecular flexibility index (Phi) is 4.82. The monoisotopic (exact) mass is 280 g/mol. The molecule has 1 heterocycles. The van der Waals surface area contributed by atoms with Crippen LogP contribution in [0.25, 0.3) is 0 Å². The summed E-state index contributed by atoms with van der Waals surface area (Å²) in [6.07, 6.45) is 15.3. The number of rotatable bonds is 2. The largest absolute Gasteiger partial charge is 0.155 e. The van der Waals surface area contributed by atoms with Gasteiger partial charge < -0.3 is 0 Å². The average molecular weight is 281 g/mol. The van der Waals surface area contributed by atoms with E-state index in [1.165, 1.54) is 51.4 Å². The van der Waals surface area contributed by atoms with Gasteiger partial charge in [-0.15, -0.1) is 0 Å². The van der Waals surface area contributed by atoms with E-state index in [0.29, 0.717) is 0 Å². The molecule has 0 aromatic rings. The topological polar surface area (TPSA) is 0 Å². The van der Waals surface area contributed by atoms with E-state index in [1.54, 1.807) is 12.8 Å². The molecule has 2 unspecified atom stereocenters. The van der Waals surface area contributed by atoms with Gasteiger partial charge in [0.25, 0.3) is 0 Å². The zero-order valence-corrected chi connectivity index (χ0v) is 13.8. The molecule has 19 heavy (non-hydrogen) atoms. The van der Waals surface area contributed by atoms with E-state index in [-0.39, 0.29) is 0 Å². The lowest BCUT2D eigenvalue weighted by Gasteiger charge is -2.32. The van der Waals surface area contributed by atoms with E-state index in [1.807, 2.05) is 0 Å². The summed E-state index contributed by atoms with van der Waals surface area (Å²) in [5.74, 6) is 4.18. The summed E-state index contributed by atoms with van der Waals surface area (Å²) in [6, 6.07) is 0. The van der Waals surface area contributed by atoms with Gasteiger partial charge in [-0.25, -0.2) is 0 Å². The molecular formula is C18H32S. The lowest BCUT2D eigenvalue weighted by Crippen LogP contribution is -2.23. The van der Waals surface area contributed by atoms with Crippen molar-refractivity contribution >= 4 is 11.8 Å². The third-order valence-corrected chi connectivity index (χ3v) is 8.20. The fourth-order valence-corrected chi connectivity index (χ4v) is 6.68. The molecule has 1 saturated heterocycles. The molecule has 1 aliphatic heterocycles. The maximum absolute atomic E-state index is 2.45. The van der Waals surface area contributed by atoms with Gasteiger partial charge in [0, 0.05) is 10.5 Å². The first-order valence-corrected chi connectivity index (χ1v) is 9.82. The Balaban J connectivity index is 1.47. The minimum Gasteiger partial charge on any atom is -0.155 e. The standard InChI is InChI=1S/C18H32S/c1-13-3-7-15(8-4-13)17-11-12-18(19-17)16-9-5-14(2)6-10-16/h13-18H,3-12H2,1-2H3. The summed E-state index contributed by atoms with van der Waals surface area (Å²) < 4.78 is 0. The quantitative estimate of drug-likeness (QED) is 0.606. The summed E-state index contributed by atoms with van der Waals surface area (Å²) in [6.45, 7) is 4.90. The van der Waals surface area contributed by atoms with Crippen molar-refractivity contribution in [3.63, 3.8) is 0 Å². The number of thioether (sulfide) groups is 1. The smallest absolute Gasteiger partial charge is 0.00786 e. The molecule has 1 heteroatoms. The molecular weight excluding hydrogens is 248 g/mol. The Bertz CT molecular complexity index is 243. The fourth-order valence-electron chi connectivity index (χ4n) is 4.70. The van der Waals surface area contributed by atoms with Crippen LogP contribution in [0.3, 0.4) is 0 Å². The first kappa shape index (κ1) is 14.3. The van der Waals surface area contributed by atoms with E-state index < -0.39 is 0 Å². The van der Waals surface area contributed by atoms with Gasteiger partial charge in [0.05, 0.1) is 0 Å². The maximum atomic E-state index is 2.45. The van der Waals surface area contributed by atoms with Crippen LogP contribution in [0.15, 0.2) is 0 Å². The van der Waals surface area contributed by atoms with Gasteiger partial charge in [-0.05, 0) is 62.2 Å². The Morgan fingerprint density at radius 3 is 1.26 bits per heavy atom. The molecule has 0 bridgehead atoms. The van der Waals surface area contributed by atoms with E-state index in [0.717, 1.165) is 34.2 Å². The molecule has 3 rings (SSSR count). The second kappa shape index (κ2) is 6.41. The lowest BCUT2D eigenvalue weighted by molar-refractivity contribution is 0.274. The first-order valence-electron chi connectivity index (χ1n) is 8.88. The zero-order chi connectivity index (χ0) is 13.2. The minimum absolute atomic E-state index is 1.01. The maximum Gasteiger partial charge on any atom is 0.00786 e. The molecule has 110 valence electrons. The van der Waals surface area contributed by atoms with E-state index in [9.17, 15) is 0 Å². The van der Waals surface area contributed by atoms with Crippen molar-refractivity contribution in [2.45, 2.75) is 88.6 Å². The second-order valence-electron chi connectivity index (χ2n) is 7.83. The summed E-state index contributed by atoms with van der Waals surface area (Å²) in [7, 11) is 0. The SMILES string of the molecule is CC1CCC(C2CCC(C3CCC(C)CC3)S2)CC1. The molecule has 3 fully saturated rings. The van der Waals surface area contributed by atoms with Gasteiger partial charge in [0.15, 0.2) is 0 Å². The highest BCUT2D eigenvalue weighted by Crippen LogP contribution is 2.48. The molecule has 0 aromatic heterocycles. The highest BCUT2D eigenvalue weighted by atomic mass is 32.2. The normalized spacial score (nSPS) is 48.3. The minimum atomic E-state index is 1.01. The number of hydrogen-bond acceptors (Lipinski definition) is 1. The van der Waals surface area contributed by atoms with Crippen LogP contribution in [0, 0.1) is 23.7 Å². The van der Waals surface area contributed by atoms with Crippen molar-refractivity contribution in [3.8, 4) is 0 Å². The third kappa shape index (κ3) is 3.52. The van der Waals surface area contributed by atoms with Crippen molar-refractivity contribution in [1.82, 2.24) is 0 Å². The molecule has 3 aliphatic rings. The molecule has 0 aromatic carbocycles. The van der Waals surface area contributed by atoms with Crippen molar-refractivity contribution in [3.05, 3.63) is 0 Å². The van der Waals surface area contributed by atoms with Crippen LogP contribution in [-0.2, 0) is 0 Å². The summed E-state index contributed by atoms with van der Waals surface area (Å²) in [5, 5.41) is 2.08. The van der Waals surface area contributed by atoms with Gasteiger partial charge in [-0.3, -0.25) is 0 Å². The average Bonchev–Trinajstić information content (AvgIpc) is 2.90. The van der Waals surface area contributed by atoms with Crippen LogP contribution in [-0.4, -0.2) is 10.5 Å². The second-order valence-corrected chi connectivity index (χ2v) is 9.31. The Hall–Kier alpha value is 0.350. The van der Waals surface area contributed by atoms with E-state index in [2.05, 4.69) is 25.6 Å². The van der Waals surface area contributed by atoms with Gasteiger partial charge in [0.2, 0.25) is 0 Å². The van der Waals surface area contributed by atoms with Crippen molar-refractivity contribution < 1.29 is 0 Å². The Labute approximate surface area is 124 Å². The van der Waals surface area contributed by atoms with Crippen LogP contribution >= 0.6 is 11.8 Å². The predicted molar refractivity (Wildman–Crippen MR) is 86.6 cm³/mol. The van der Waals surface area contributed by atoms with Gasteiger partial charge in [-0.1, -0.05) is 39.5 Å². The molecule has 0 N–H and O–H groups in total. The van der Waals surface area contributed by atoms with Crippen molar-refractivity contribution in [1.29, 1.82) is 0 Å². The predicted octanol–water partition coefficient (Wildman–Crippen LogP) is 5.90. The van der Waals surface area contributed by atoms with Gasteiger partial charge in [0.1, 0.15) is 0 Å². The van der Waals surface area contributed by atoms with Gasteiger partial charge >= 0.3 is 0 Å². The van der Waals surface area contributed by atoms with Crippen molar-refractivity contribution in [2.75, 3.05) is 0 Å². The van der Waals surface area contributed by atoms with Crippen molar-refractivity contribution in [2.24, 2.45) is 23.7 Å². The number of hydrogen-bond donors (Lipinski definition) is 0. The molecule has 2 aliphatic carbocycles. The third-order valence-electron chi connectivity index (χ3n) is 6.26. The van der Waals surface area contributed by atoms with E-state index in [4.69, 9.17) is 0 Å². The van der Waals surface area contributed by atoms with Crippen LogP contribution in [0.4, 0.5) is 0 Å². The Morgan fingerprint density at radius 2 is 0.895 bits per heavy atom. The first-order chi connectivity index (χ1) is 9.22. The summed E-state index contributed by atoms with van der Waals surface area (Å²) in [4.78, 5) is 0. The highest BCUT2D eigenvalue weighted by molar-refractivity contribution is 8.00. The van der Waals surface area contributed by atoms with Crippen LogP contribution in [0.2, 0.25) is 0 Å². The zero-order valence-electron chi connectivity index (χ0n) is 12.9. The lowest BCUT2D eigenvalue weighted by atomic mass is 9.79. The fraction of sp³-hybridized carbons (Fsp3) is 1.00. The van der Waals surface area contributed by atoms with Crippen LogP contribution in [0.5, 0.6) is 0 Å².